The Kier molecular flexibility index (Phi) is 7.03. The van der Waals surface area contributed by atoms with Gasteiger partial charge in [0.15, 0.2) is 0 Å². The molecule has 0 radical (unpaired) electrons. The monoisotopic (exact) mass is 628 g/mol. The number of benzene rings is 3. The van der Waals surface area contributed by atoms with Crippen molar-refractivity contribution in [3.05, 3.63) is 148 Å². The van der Waals surface area contributed by atoms with Gasteiger partial charge in [-0.15, -0.1) is 0 Å². The van der Waals surface area contributed by atoms with Crippen molar-refractivity contribution in [2.24, 2.45) is 11.8 Å². The molecule has 0 saturated carbocycles. The summed E-state index contributed by atoms with van der Waals surface area (Å²) in [5.74, 6) is 1.19. The Bertz CT molecular complexity index is 2060. The number of rotatable bonds is 3. The summed E-state index contributed by atoms with van der Waals surface area (Å²) in [7, 11) is 0. The SMILES string of the molecule is C1=CCC(C2NC(C3=CC=C4C5=CC=CC(N5)c5cccc6c7c(c8ccc(cc8c56)C4C3)C=CCC7)NC(C3C=CCCC3)N2)C=C1. The number of fused-ring (bicyclic) bond motifs is 10. The number of nitrogens with one attached hydrogen (secondary N) is 4. The van der Waals surface area contributed by atoms with Gasteiger partial charge in [-0.05, 0) is 112 Å². The van der Waals surface area contributed by atoms with Crippen LogP contribution in [0.1, 0.15) is 72.7 Å². The lowest BCUT2D eigenvalue weighted by atomic mass is 9.76. The van der Waals surface area contributed by atoms with E-state index in [4.69, 9.17) is 0 Å². The first kappa shape index (κ1) is 28.8. The summed E-state index contributed by atoms with van der Waals surface area (Å²) in [4.78, 5) is 0. The van der Waals surface area contributed by atoms with Gasteiger partial charge in [-0.3, -0.25) is 16.0 Å². The van der Waals surface area contributed by atoms with Gasteiger partial charge in [0.05, 0.1) is 24.5 Å². The highest BCUT2D eigenvalue weighted by atomic mass is 15.4. The van der Waals surface area contributed by atoms with Gasteiger partial charge in [-0.2, -0.15) is 0 Å². The van der Waals surface area contributed by atoms with E-state index < -0.39 is 0 Å². The minimum atomic E-state index is 0.107. The van der Waals surface area contributed by atoms with Gasteiger partial charge in [0.25, 0.3) is 0 Å². The van der Waals surface area contributed by atoms with Crippen molar-refractivity contribution in [3.8, 4) is 0 Å². The van der Waals surface area contributed by atoms with Gasteiger partial charge in [-0.1, -0.05) is 103 Å². The van der Waals surface area contributed by atoms with E-state index in [1.54, 1.807) is 0 Å². The second-order valence-corrected chi connectivity index (χ2v) is 14.7. The molecule has 0 amide bonds. The predicted molar refractivity (Wildman–Crippen MR) is 199 cm³/mol. The molecular weight excluding hydrogens is 585 g/mol. The average molecular weight is 629 g/mol. The van der Waals surface area contributed by atoms with Gasteiger partial charge in [0.2, 0.25) is 0 Å². The van der Waals surface area contributed by atoms with Crippen molar-refractivity contribution in [2.45, 2.75) is 75.4 Å². The maximum Gasteiger partial charge on any atom is 0.0822 e. The molecule has 4 bridgehead atoms. The van der Waals surface area contributed by atoms with Crippen molar-refractivity contribution < 1.29 is 0 Å². The summed E-state index contributed by atoms with van der Waals surface area (Å²) >= 11 is 0. The normalized spacial score (nSPS) is 31.7. The lowest BCUT2D eigenvalue weighted by Crippen LogP contribution is -2.71. The Morgan fingerprint density at radius 3 is 2.58 bits per heavy atom. The largest absolute Gasteiger partial charge is 0.374 e. The lowest BCUT2D eigenvalue weighted by Gasteiger charge is -2.46. The van der Waals surface area contributed by atoms with E-state index in [9.17, 15) is 0 Å². The van der Waals surface area contributed by atoms with Gasteiger partial charge in [0.1, 0.15) is 0 Å². The van der Waals surface area contributed by atoms with Gasteiger partial charge in [-0.25, -0.2) is 0 Å². The zero-order valence-corrected chi connectivity index (χ0v) is 27.5. The minimum Gasteiger partial charge on any atom is -0.374 e. The molecule has 7 aliphatic rings. The van der Waals surface area contributed by atoms with E-state index in [-0.39, 0.29) is 30.5 Å². The molecule has 7 unspecified atom stereocenters. The first-order valence-electron chi connectivity index (χ1n) is 18.3. The molecule has 1 saturated heterocycles. The summed E-state index contributed by atoms with van der Waals surface area (Å²) in [6, 6.07) is 14.5. The average Bonchev–Trinajstić information content (AvgIpc) is 3.17. The van der Waals surface area contributed by atoms with E-state index >= 15 is 0 Å². The highest BCUT2D eigenvalue weighted by Crippen LogP contribution is 2.46. The maximum atomic E-state index is 4.06. The van der Waals surface area contributed by atoms with E-state index in [1.165, 1.54) is 79.9 Å². The van der Waals surface area contributed by atoms with Gasteiger partial charge in [0, 0.05) is 23.5 Å². The lowest BCUT2D eigenvalue weighted by molar-refractivity contribution is 0.151. The zero-order chi connectivity index (χ0) is 31.6. The molecule has 48 heavy (non-hydrogen) atoms. The summed E-state index contributed by atoms with van der Waals surface area (Å²) in [6.45, 7) is 0. The van der Waals surface area contributed by atoms with E-state index in [0.29, 0.717) is 11.8 Å². The molecule has 240 valence electrons. The summed E-state index contributed by atoms with van der Waals surface area (Å²) in [5.41, 5.74) is 9.79. The standard InChI is InChI=1S/C44H44N4/c1-3-11-27(12-4-1)42-46-43(28-13-5-2-6-14-28)48-44(47-42)30-22-24-34-37(26-30)29-21-23-33-31-15-7-8-16-32(31)35-17-9-18-36(41(35)38(33)25-29)40-20-10-19-39(34)45-40/h1,3-5,7,9-11,13,15,17-25,27-28,37,40,42-48H,2,6,8,12,14,16,26H2. The molecule has 4 heteroatoms. The van der Waals surface area contributed by atoms with Crippen molar-refractivity contribution in [1.29, 1.82) is 0 Å². The Morgan fingerprint density at radius 2 is 1.69 bits per heavy atom. The molecule has 3 aromatic carbocycles. The fourth-order valence-electron chi connectivity index (χ4n) is 9.57. The van der Waals surface area contributed by atoms with E-state index in [1.807, 2.05) is 0 Å². The van der Waals surface area contributed by atoms with Crippen LogP contribution in [0.4, 0.5) is 0 Å². The molecule has 0 aromatic heterocycles. The molecule has 4 aliphatic carbocycles. The molecule has 0 spiro atoms. The van der Waals surface area contributed by atoms with Crippen molar-refractivity contribution in [3.63, 3.8) is 0 Å². The Labute approximate surface area is 283 Å². The fraction of sp³-hybridized carbons (Fsp3) is 0.318. The highest BCUT2D eigenvalue weighted by molar-refractivity contribution is 6.15. The zero-order valence-electron chi connectivity index (χ0n) is 27.5. The number of dihydropyridines is 1. The first-order chi connectivity index (χ1) is 23.8. The smallest absolute Gasteiger partial charge is 0.0822 e. The number of hydrogen-bond donors (Lipinski definition) is 4. The summed E-state index contributed by atoms with van der Waals surface area (Å²) < 4.78 is 0. The van der Waals surface area contributed by atoms with Crippen LogP contribution in [0.3, 0.4) is 0 Å². The predicted octanol–water partition coefficient (Wildman–Crippen LogP) is 8.64. The van der Waals surface area contributed by atoms with E-state index in [2.05, 4.69) is 137 Å². The minimum absolute atomic E-state index is 0.107. The van der Waals surface area contributed by atoms with Crippen LogP contribution in [-0.4, -0.2) is 18.5 Å². The molecule has 4 N–H and O–H groups in total. The third-order valence-corrected chi connectivity index (χ3v) is 12.0. The van der Waals surface area contributed by atoms with Crippen LogP contribution in [0.5, 0.6) is 0 Å². The third kappa shape index (κ3) is 4.76. The van der Waals surface area contributed by atoms with Crippen LogP contribution in [0.25, 0.3) is 27.6 Å². The maximum absolute atomic E-state index is 4.06. The van der Waals surface area contributed by atoms with Crippen LogP contribution in [-0.2, 0) is 6.42 Å². The Balaban J connectivity index is 1.09. The number of aryl methyl sites for hydroxylation is 1. The summed E-state index contributed by atoms with van der Waals surface area (Å²) in [5, 5.41) is 21.7. The molecule has 10 rings (SSSR count). The second-order valence-electron chi connectivity index (χ2n) is 14.7. The molecule has 3 aliphatic heterocycles. The molecular formula is C44H44N4. The summed E-state index contributed by atoms with van der Waals surface area (Å²) in [6.07, 6.45) is 38.9. The first-order valence-corrected chi connectivity index (χ1v) is 18.3. The van der Waals surface area contributed by atoms with Crippen LogP contribution in [0.15, 0.2) is 126 Å². The van der Waals surface area contributed by atoms with Gasteiger partial charge >= 0.3 is 0 Å². The van der Waals surface area contributed by atoms with E-state index in [0.717, 1.165) is 25.7 Å². The van der Waals surface area contributed by atoms with Crippen molar-refractivity contribution in [1.82, 2.24) is 21.3 Å². The molecule has 3 heterocycles. The fourth-order valence-corrected chi connectivity index (χ4v) is 9.57. The molecule has 7 atom stereocenters. The Morgan fingerprint density at radius 1 is 0.729 bits per heavy atom. The number of hydrogen-bond acceptors (Lipinski definition) is 4. The highest BCUT2D eigenvalue weighted by Gasteiger charge is 2.38. The molecule has 4 nitrogen and oxygen atoms in total. The molecule has 1 fully saturated rings. The topological polar surface area (TPSA) is 48.1 Å². The van der Waals surface area contributed by atoms with Gasteiger partial charge < -0.3 is 5.32 Å². The Hall–Kier alpha value is -4.22. The van der Waals surface area contributed by atoms with Crippen molar-refractivity contribution >= 4 is 27.6 Å². The number of allylic oxidation sites excluding steroid dienone is 10. The molecule has 3 aromatic rings. The quantitative estimate of drug-likeness (QED) is 0.173. The van der Waals surface area contributed by atoms with Crippen LogP contribution in [0.2, 0.25) is 0 Å². The van der Waals surface area contributed by atoms with Crippen LogP contribution >= 0.6 is 0 Å². The second kappa shape index (κ2) is 11.7. The third-order valence-electron chi connectivity index (χ3n) is 12.0. The van der Waals surface area contributed by atoms with Crippen LogP contribution in [0, 0.1) is 11.8 Å². The van der Waals surface area contributed by atoms with Crippen LogP contribution < -0.4 is 21.3 Å². The van der Waals surface area contributed by atoms with Crippen molar-refractivity contribution in [2.75, 3.05) is 0 Å².